The number of amides is 2. The van der Waals surface area contributed by atoms with E-state index in [0.29, 0.717) is 5.13 Å². The number of rotatable bonds is 5. The highest BCUT2D eigenvalue weighted by Gasteiger charge is 2.17. The first-order valence-electron chi connectivity index (χ1n) is 9.03. The van der Waals surface area contributed by atoms with Crippen LogP contribution in [0.5, 0.6) is 0 Å². The van der Waals surface area contributed by atoms with Crippen LogP contribution >= 0.6 is 11.3 Å². The number of nitrogens with zero attached hydrogens (tertiary/aromatic N) is 2. The first-order valence-corrected chi connectivity index (χ1v) is 9.91. The van der Waals surface area contributed by atoms with Crippen molar-refractivity contribution in [1.29, 1.82) is 0 Å². The second kappa shape index (κ2) is 8.83. The second-order valence-corrected chi connectivity index (χ2v) is 8.12. The van der Waals surface area contributed by atoms with E-state index in [2.05, 4.69) is 20.6 Å². The van der Waals surface area contributed by atoms with Crippen LogP contribution in [-0.4, -0.2) is 34.1 Å². The van der Waals surface area contributed by atoms with Gasteiger partial charge in [0, 0.05) is 23.3 Å². The van der Waals surface area contributed by atoms with Crippen LogP contribution in [-0.2, 0) is 9.53 Å². The number of ether oxygens (including phenoxy) is 1. The maximum absolute atomic E-state index is 12.0. The molecule has 0 saturated carbocycles. The van der Waals surface area contributed by atoms with Gasteiger partial charge in [-0.2, -0.15) is 0 Å². The highest BCUT2D eigenvalue weighted by molar-refractivity contribution is 7.14. The molecule has 8 heteroatoms. The molecule has 0 aliphatic carbocycles. The fourth-order valence-electron chi connectivity index (χ4n) is 2.50. The molecule has 0 saturated heterocycles. The Hall–Kier alpha value is -3.26. The minimum atomic E-state index is -0.639. The van der Waals surface area contributed by atoms with Gasteiger partial charge in [-0.1, -0.05) is 18.2 Å². The Morgan fingerprint density at radius 1 is 1.07 bits per heavy atom. The Kier molecular flexibility index (Phi) is 6.23. The number of alkyl carbamates (subject to hydrolysis) is 1. The molecular formula is C21H22N4O3S. The van der Waals surface area contributed by atoms with Crippen LogP contribution in [0, 0.1) is 0 Å². The van der Waals surface area contributed by atoms with Crippen molar-refractivity contribution in [2.45, 2.75) is 26.4 Å². The monoisotopic (exact) mass is 410 g/mol. The lowest BCUT2D eigenvalue weighted by Gasteiger charge is -2.19. The number of pyridine rings is 1. The lowest BCUT2D eigenvalue weighted by Crippen LogP contribution is -2.37. The van der Waals surface area contributed by atoms with E-state index in [4.69, 9.17) is 4.74 Å². The van der Waals surface area contributed by atoms with Crippen LogP contribution in [0.2, 0.25) is 0 Å². The van der Waals surface area contributed by atoms with Gasteiger partial charge < -0.3 is 15.4 Å². The van der Waals surface area contributed by atoms with Crippen LogP contribution < -0.4 is 10.6 Å². The number of hydrogen-bond donors (Lipinski definition) is 2. The summed E-state index contributed by atoms with van der Waals surface area (Å²) in [6.07, 6.45) is 2.87. The van der Waals surface area contributed by atoms with Gasteiger partial charge in [-0.3, -0.25) is 9.78 Å². The van der Waals surface area contributed by atoms with E-state index >= 15 is 0 Å². The molecule has 3 aromatic rings. The van der Waals surface area contributed by atoms with Crippen molar-refractivity contribution in [1.82, 2.24) is 15.3 Å². The third kappa shape index (κ3) is 6.11. The molecule has 3 rings (SSSR count). The van der Waals surface area contributed by atoms with Crippen molar-refractivity contribution in [3.05, 3.63) is 54.2 Å². The first kappa shape index (κ1) is 20.5. The first-order chi connectivity index (χ1) is 13.8. The van der Waals surface area contributed by atoms with Gasteiger partial charge in [0.2, 0.25) is 5.91 Å². The number of benzene rings is 1. The minimum Gasteiger partial charge on any atom is -0.444 e. The van der Waals surface area contributed by atoms with Crippen molar-refractivity contribution in [2.75, 3.05) is 11.9 Å². The van der Waals surface area contributed by atoms with E-state index in [1.807, 2.05) is 41.8 Å². The Balaban J connectivity index is 1.61. The molecule has 0 aliphatic rings. The molecule has 0 atom stereocenters. The van der Waals surface area contributed by atoms with Gasteiger partial charge in [0.15, 0.2) is 5.13 Å². The van der Waals surface area contributed by atoms with E-state index in [1.165, 1.54) is 11.3 Å². The summed E-state index contributed by atoms with van der Waals surface area (Å²) in [4.78, 5) is 32.2. The zero-order valence-corrected chi connectivity index (χ0v) is 17.2. The summed E-state index contributed by atoms with van der Waals surface area (Å²) < 4.78 is 5.10. The molecule has 0 bridgehead atoms. The van der Waals surface area contributed by atoms with Crippen LogP contribution in [0.3, 0.4) is 0 Å². The number of thiazole rings is 1. The predicted molar refractivity (Wildman–Crippen MR) is 114 cm³/mol. The van der Waals surface area contributed by atoms with E-state index in [-0.39, 0.29) is 12.5 Å². The third-order valence-electron chi connectivity index (χ3n) is 3.71. The molecule has 0 fully saturated rings. The topological polar surface area (TPSA) is 93.2 Å². The smallest absolute Gasteiger partial charge is 0.408 e. The molecule has 0 spiro atoms. The lowest BCUT2D eigenvalue weighted by atomic mass is 10.0. The molecule has 2 heterocycles. The molecule has 2 aromatic heterocycles. The van der Waals surface area contributed by atoms with Crippen LogP contribution in [0.25, 0.3) is 22.4 Å². The quantitative estimate of drug-likeness (QED) is 0.653. The third-order valence-corrected chi connectivity index (χ3v) is 4.47. The number of carbonyl (C=O) groups is 2. The average Bonchev–Trinajstić information content (AvgIpc) is 3.14. The molecule has 1 aromatic carbocycles. The average molecular weight is 410 g/mol. The molecule has 29 heavy (non-hydrogen) atoms. The van der Waals surface area contributed by atoms with Crippen molar-refractivity contribution < 1.29 is 14.3 Å². The van der Waals surface area contributed by atoms with Crippen LogP contribution in [0.1, 0.15) is 20.8 Å². The van der Waals surface area contributed by atoms with Crippen molar-refractivity contribution in [3.63, 3.8) is 0 Å². The summed E-state index contributed by atoms with van der Waals surface area (Å²) in [7, 11) is 0. The SMILES string of the molecule is CC(C)(C)OC(=O)NCC(=O)Nc1nc(-c2cccc(-c3ccncc3)c2)cs1. The highest BCUT2D eigenvalue weighted by atomic mass is 32.1. The van der Waals surface area contributed by atoms with Crippen molar-refractivity contribution >= 4 is 28.5 Å². The summed E-state index contributed by atoms with van der Waals surface area (Å²) in [5, 5.41) is 7.45. The van der Waals surface area contributed by atoms with Gasteiger partial charge in [-0.25, -0.2) is 9.78 Å². The van der Waals surface area contributed by atoms with Gasteiger partial charge in [0.1, 0.15) is 12.1 Å². The van der Waals surface area contributed by atoms with Gasteiger partial charge in [0.25, 0.3) is 0 Å². The fourth-order valence-corrected chi connectivity index (χ4v) is 3.23. The fraction of sp³-hybridized carbons (Fsp3) is 0.238. The minimum absolute atomic E-state index is 0.193. The van der Waals surface area contributed by atoms with Crippen molar-refractivity contribution in [3.8, 4) is 22.4 Å². The van der Waals surface area contributed by atoms with E-state index in [0.717, 1.165) is 22.4 Å². The maximum atomic E-state index is 12.0. The molecule has 0 unspecified atom stereocenters. The van der Waals surface area contributed by atoms with Gasteiger partial charge in [0.05, 0.1) is 5.69 Å². The predicted octanol–water partition coefficient (Wildman–Crippen LogP) is 4.34. The van der Waals surface area contributed by atoms with Gasteiger partial charge in [-0.05, 0) is 50.1 Å². The lowest BCUT2D eigenvalue weighted by molar-refractivity contribution is -0.115. The zero-order chi connectivity index (χ0) is 20.9. The van der Waals surface area contributed by atoms with Crippen LogP contribution in [0.15, 0.2) is 54.2 Å². The molecule has 150 valence electrons. The van der Waals surface area contributed by atoms with E-state index in [9.17, 15) is 9.59 Å². The van der Waals surface area contributed by atoms with Gasteiger partial charge in [-0.15, -0.1) is 11.3 Å². The molecule has 7 nitrogen and oxygen atoms in total. The number of carbonyl (C=O) groups excluding carboxylic acids is 2. The molecule has 0 radical (unpaired) electrons. The van der Waals surface area contributed by atoms with E-state index in [1.54, 1.807) is 33.2 Å². The van der Waals surface area contributed by atoms with E-state index < -0.39 is 11.7 Å². The molecule has 0 aliphatic heterocycles. The standard InChI is InChI=1S/C21H22N4O3S/c1-21(2,3)28-20(27)23-12-18(26)25-19-24-17(13-29-19)16-6-4-5-15(11-16)14-7-9-22-10-8-14/h4-11,13H,12H2,1-3H3,(H,23,27)(H,24,25,26). The highest BCUT2D eigenvalue weighted by Crippen LogP contribution is 2.28. The molecule has 2 N–H and O–H groups in total. The number of hydrogen-bond acceptors (Lipinski definition) is 6. The van der Waals surface area contributed by atoms with Crippen LogP contribution in [0.4, 0.5) is 9.93 Å². The molecule has 2 amide bonds. The zero-order valence-electron chi connectivity index (χ0n) is 16.4. The summed E-state index contributed by atoms with van der Waals surface area (Å²) in [5.74, 6) is -0.373. The summed E-state index contributed by atoms with van der Waals surface area (Å²) in [5.41, 5.74) is 3.23. The largest absolute Gasteiger partial charge is 0.444 e. The maximum Gasteiger partial charge on any atom is 0.408 e. The Labute approximate surface area is 173 Å². The Morgan fingerprint density at radius 2 is 1.79 bits per heavy atom. The number of nitrogens with one attached hydrogen (secondary N) is 2. The normalized spacial score (nSPS) is 11.0. The summed E-state index contributed by atoms with van der Waals surface area (Å²) >= 11 is 1.32. The number of aromatic nitrogens is 2. The Morgan fingerprint density at radius 3 is 2.52 bits per heavy atom. The summed E-state index contributed by atoms with van der Waals surface area (Å²) in [6, 6.07) is 11.9. The second-order valence-electron chi connectivity index (χ2n) is 7.26. The number of anilines is 1. The molecular weight excluding hydrogens is 388 g/mol. The van der Waals surface area contributed by atoms with Crippen molar-refractivity contribution in [2.24, 2.45) is 0 Å². The van der Waals surface area contributed by atoms with Gasteiger partial charge >= 0.3 is 6.09 Å². The Bertz CT molecular complexity index is 996. The summed E-state index contributed by atoms with van der Waals surface area (Å²) in [6.45, 7) is 5.08.